The van der Waals surface area contributed by atoms with Gasteiger partial charge in [-0.05, 0) is 62.6 Å². The number of anilines is 1. The zero-order valence-corrected chi connectivity index (χ0v) is 13.8. The number of carbonyl (C=O) groups is 1. The van der Waals surface area contributed by atoms with Gasteiger partial charge in [-0.1, -0.05) is 0 Å². The molecule has 2 aromatic carbocycles. The number of nitrogens with zero attached hydrogens (tertiary/aromatic N) is 2. The topological polar surface area (TPSA) is 37.3 Å². The Labute approximate surface area is 140 Å². The third-order valence-electron chi connectivity index (χ3n) is 3.92. The largest absolute Gasteiger partial charge is 0.346 e. The van der Waals surface area contributed by atoms with Gasteiger partial charge in [0.05, 0.1) is 0 Å². The average molecular weight is 325 g/mol. The van der Waals surface area contributed by atoms with Crippen LogP contribution in [-0.2, 0) is 6.54 Å². The van der Waals surface area contributed by atoms with Crippen molar-refractivity contribution in [1.82, 2.24) is 9.47 Å². The first-order chi connectivity index (χ1) is 11.5. The maximum atomic E-state index is 12.9. The molecule has 4 nitrogen and oxygen atoms in total. The molecule has 0 unspecified atom stereocenters. The molecule has 0 aliphatic carbocycles. The lowest BCUT2D eigenvalue weighted by Crippen LogP contribution is -2.17. The quantitative estimate of drug-likeness (QED) is 0.778. The van der Waals surface area contributed by atoms with Crippen LogP contribution in [0.25, 0.3) is 10.9 Å². The monoisotopic (exact) mass is 325 g/mol. The summed E-state index contributed by atoms with van der Waals surface area (Å²) in [5, 5.41) is 3.81. The summed E-state index contributed by atoms with van der Waals surface area (Å²) in [4.78, 5) is 14.5. The normalized spacial score (nSPS) is 11.2. The molecule has 0 atom stereocenters. The predicted molar refractivity (Wildman–Crippen MR) is 94.8 cm³/mol. The van der Waals surface area contributed by atoms with E-state index in [1.807, 2.05) is 44.6 Å². The summed E-state index contributed by atoms with van der Waals surface area (Å²) in [5.41, 5.74) is 2.26. The van der Waals surface area contributed by atoms with E-state index in [9.17, 15) is 9.18 Å². The van der Waals surface area contributed by atoms with Crippen molar-refractivity contribution in [2.75, 3.05) is 26.0 Å². The zero-order valence-electron chi connectivity index (χ0n) is 13.8. The smallest absolute Gasteiger partial charge is 0.255 e. The van der Waals surface area contributed by atoms with Gasteiger partial charge in [0.25, 0.3) is 5.91 Å². The molecular weight excluding hydrogens is 305 g/mol. The number of halogens is 1. The van der Waals surface area contributed by atoms with Crippen LogP contribution in [0.3, 0.4) is 0 Å². The molecule has 0 spiro atoms. The predicted octanol–water partition coefficient (Wildman–Crippen LogP) is 3.59. The van der Waals surface area contributed by atoms with Gasteiger partial charge in [0.15, 0.2) is 0 Å². The van der Waals surface area contributed by atoms with Crippen LogP contribution in [0, 0.1) is 5.82 Å². The van der Waals surface area contributed by atoms with Gasteiger partial charge in [-0.3, -0.25) is 4.79 Å². The van der Waals surface area contributed by atoms with E-state index in [1.165, 1.54) is 12.1 Å². The van der Waals surface area contributed by atoms with Crippen LogP contribution in [0.4, 0.5) is 10.1 Å². The standard InChI is InChI=1S/C19H20FN3O/c1-22(2)11-12-23-10-9-14-13-15(3-8-18(14)23)19(24)21-17-6-4-16(20)5-7-17/h3-10,13H,11-12H2,1-2H3,(H,21,24). The number of amides is 1. The maximum Gasteiger partial charge on any atom is 0.255 e. The molecule has 0 bridgehead atoms. The molecule has 0 fully saturated rings. The molecule has 0 aliphatic heterocycles. The number of likely N-dealkylation sites (N-methyl/N-ethyl adjacent to an activating group) is 1. The molecule has 0 saturated carbocycles. The molecule has 1 amide bonds. The summed E-state index contributed by atoms with van der Waals surface area (Å²) in [6.07, 6.45) is 2.04. The van der Waals surface area contributed by atoms with Crippen molar-refractivity contribution in [2.24, 2.45) is 0 Å². The second-order valence-electron chi connectivity index (χ2n) is 6.05. The second kappa shape index (κ2) is 6.84. The van der Waals surface area contributed by atoms with E-state index >= 15 is 0 Å². The number of hydrogen-bond acceptors (Lipinski definition) is 2. The summed E-state index contributed by atoms with van der Waals surface area (Å²) in [5.74, 6) is -0.530. The van der Waals surface area contributed by atoms with E-state index in [1.54, 1.807) is 12.1 Å². The number of rotatable bonds is 5. The maximum absolute atomic E-state index is 12.9. The number of nitrogens with one attached hydrogen (secondary N) is 1. The highest BCUT2D eigenvalue weighted by atomic mass is 19.1. The highest BCUT2D eigenvalue weighted by molar-refractivity contribution is 6.06. The SMILES string of the molecule is CN(C)CCn1ccc2cc(C(=O)Nc3ccc(F)cc3)ccc21. The van der Waals surface area contributed by atoms with Gasteiger partial charge in [-0.2, -0.15) is 0 Å². The van der Waals surface area contributed by atoms with Crippen LogP contribution < -0.4 is 5.32 Å². The lowest BCUT2D eigenvalue weighted by Gasteiger charge is -2.11. The van der Waals surface area contributed by atoms with E-state index in [0.29, 0.717) is 11.3 Å². The summed E-state index contributed by atoms with van der Waals surface area (Å²) in [7, 11) is 4.09. The van der Waals surface area contributed by atoms with Crippen molar-refractivity contribution in [3.8, 4) is 0 Å². The molecule has 24 heavy (non-hydrogen) atoms. The summed E-state index contributed by atoms with van der Waals surface area (Å²) in [6, 6.07) is 13.4. The summed E-state index contributed by atoms with van der Waals surface area (Å²) in [6.45, 7) is 1.86. The molecule has 3 aromatic rings. The Bertz CT molecular complexity index is 853. The van der Waals surface area contributed by atoms with Gasteiger partial charge in [0.1, 0.15) is 5.82 Å². The molecule has 1 N–H and O–H groups in total. The molecule has 124 valence electrons. The molecule has 0 radical (unpaired) electrons. The van der Waals surface area contributed by atoms with Gasteiger partial charge < -0.3 is 14.8 Å². The van der Waals surface area contributed by atoms with Gasteiger partial charge in [-0.15, -0.1) is 0 Å². The third-order valence-corrected chi connectivity index (χ3v) is 3.92. The lowest BCUT2D eigenvalue weighted by molar-refractivity contribution is 0.102. The minimum atomic E-state index is -0.325. The van der Waals surface area contributed by atoms with Crippen LogP contribution in [0.15, 0.2) is 54.7 Å². The van der Waals surface area contributed by atoms with Crippen molar-refractivity contribution in [3.63, 3.8) is 0 Å². The number of benzene rings is 2. The summed E-state index contributed by atoms with van der Waals surface area (Å²) >= 11 is 0. The molecule has 0 saturated heterocycles. The highest BCUT2D eigenvalue weighted by Gasteiger charge is 2.09. The first-order valence-electron chi connectivity index (χ1n) is 7.83. The van der Waals surface area contributed by atoms with Crippen molar-refractivity contribution < 1.29 is 9.18 Å². The van der Waals surface area contributed by atoms with E-state index in [4.69, 9.17) is 0 Å². The molecule has 3 rings (SSSR count). The fraction of sp³-hybridized carbons (Fsp3) is 0.211. The Morgan fingerprint density at radius 2 is 1.88 bits per heavy atom. The Kier molecular flexibility index (Phi) is 4.62. The highest BCUT2D eigenvalue weighted by Crippen LogP contribution is 2.19. The van der Waals surface area contributed by atoms with E-state index in [0.717, 1.165) is 24.0 Å². The summed E-state index contributed by atoms with van der Waals surface area (Å²) < 4.78 is 15.1. The fourth-order valence-electron chi connectivity index (χ4n) is 2.58. The number of carbonyl (C=O) groups excluding carboxylic acids is 1. The van der Waals surface area contributed by atoms with Crippen LogP contribution in [0.5, 0.6) is 0 Å². The third kappa shape index (κ3) is 3.63. The van der Waals surface area contributed by atoms with Crippen molar-refractivity contribution in [2.45, 2.75) is 6.54 Å². The van der Waals surface area contributed by atoms with E-state index < -0.39 is 0 Å². The van der Waals surface area contributed by atoms with Crippen LogP contribution in [0.2, 0.25) is 0 Å². The first kappa shape index (κ1) is 16.2. The van der Waals surface area contributed by atoms with Crippen LogP contribution >= 0.6 is 0 Å². The average Bonchev–Trinajstić information content (AvgIpc) is 2.97. The van der Waals surface area contributed by atoms with Crippen molar-refractivity contribution >= 4 is 22.5 Å². The van der Waals surface area contributed by atoms with E-state index in [2.05, 4.69) is 14.8 Å². The fourth-order valence-corrected chi connectivity index (χ4v) is 2.58. The van der Waals surface area contributed by atoms with Gasteiger partial charge >= 0.3 is 0 Å². The Balaban J connectivity index is 1.77. The number of fused-ring (bicyclic) bond motifs is 1. The zero-order chi connectivity index (χ0) is 17.1. The van der Waals surface area contributed by atoms with Crippen molar-refractivity contribution in [3.05, 3.63) is 66.1 Å². The first-order valence-corrected chi connectivity index (χ1v) is 7.83. The van der Waals surface area contributed by atoms with Gasteiger partial charge in [0, 0.05) is 41.4 Å². The molecule has 1 heterocycles. The molecule has 5 heteroatoms. The number of hydrogen-bond donors (Lipinski definition) is 1. The lowest BCUT2D eigenvalue weighted by atomic mass is 10.1. The Morgan fingerprint density at radius 1 is 1.12 bits per heavy atom. The molecule has 1 aromatic heterocycles. The Morgan fingerprint density at radius 3 is 2.58 bits per heavy atom. The van der Waals surface area contributed by atoms with Gasteiger partial charge in [-0.25, -0.2) is 4.39 Å². The van der Waals surface area contributed by atoms with Crippen LogP contribution in [-0.4, -0.2) is 36.0 Å². The Hall–Kier alpha value is -2.66. The number of aromatic nitrogens is 1. The minimum Gasteiger partial charge on any atom is -0.346 e. The van der Waals surface area contributed by atoms with Gasteiger partial charge in [0.2, 0.25) is 0 Å². The van der Waals surface area contributed by atoms with Crippen molar-refractivity contribution in [1.29, 1.82) is 0 Å². The minimum absolute atomic E-state index is 0.204. The second-order valence-corrected chi connectivity index (χ2v) is 6.05. The van der Waals surface area contributed by atoms with Crippen LogP contribution in [0.1, 0.15) is 10.4 Å². The molecular formula is C19H20FN3O. The molecule has 0 aliphatic rings. The van der Waals surface area contributed by atoms with E-state index in [-0.39, 0.29) is 11.7 Å².